The van der Waals surface area contributed by atoms with Gasteiger partial charge in [-0.15, -0.1) is 0 Å². The van der Waals surface area contributed by atoms with Gasteiger partial charge in [0.05, 0.1) is 21.6 Å². The summed E-state index contributed by atoms with van der Waals surface area (Å²) in [5.74, 6) is -0.422. The van der Waals surface area contributed by atoms with Crippen LogP contribution in [0.15, 0.2) is 36.4 Å². The summed E-state index contributed by atoms with van der Waals surface area (Å²) < 4.78 is 0. The van der Waals surface area contributed by atoms with Crippen molar-refractivity contribution in [3.63, 3.8) is 0 Å². The fourth-order valence-electron chi connectivity index (χ4n) is 2.44. The maximum absolute atomic E-state index is 12.5. The topological polar surface area (TPSA) is 72.2 Å². The van der Waals surface area contributed by atoms with E-state index < -0.39 is 10.8 Å². The Bertz CT molecular complexity index is 790. The molecule has 126 valence electrons. The molecule has 5 nitrogen and oxygen atoms in total. The van der Waals surface area contributed by atoms with Crippen LogP contribution in [0.4, 0.5) is 5.69 Å². The predicted octanol–water partition coefficient (Wildman–Crippen LogP) is 4.75. The predicted molar refractivity (Wildman–Crippen MR) is 94.5 cm³/mol. The van der Waals surface area contributed by atoms with Crippen molar-refractivity contribution in [2.45, 2.75) is 33.2 Å². The molecule has 0 saturated carbocycles. The van der Waals surface area contributed by atoms with E-state index in [0.717, 1.165) is 11.1 Å². The van der Waals surface area contributed by atoms with Crippen LogP contribution in [0.1, 0.15) is 46.4 Å². The molecule has 1 amide bonds. The molecule has 6 heteroatoms. The molecule has 0 bridgehead atoms. The van der Waals surface area contributed by atoms with Crippen LogP contribution in [-0.4, -0.2) is 10.8 Å². The van der Waals surface area contributed by atoms with Crippen molar-refractivity contribution in [2.24, 2.45) is 0 Å². The lowest BCUT2D eigenvalue weighted by Gasteiger charge is -2.19. The summed E-state index contributed by atoms with van der Waals surface area (Å²) in [4.78, 5) is 22.9. The van der Waals surface area contributed by atoms with Gasteiger partial charge in [-0.25, -0.2) is 0 Å². The fourth-order valence-corrected chi connectivity index (χ4v) is 2.64. The first-order valence-corrected chi connectivity index (χ1v) is 8.03. The van der Waals surface area contributed by atoms with Gasteiger partial charge in [-0.3, -0.25) is 14.9 Å². The summed E-state index contributed by atoms with van der Waals surface area (Å²) in [6.07, 6.45) is 0.695. The van der Waals surface area contributed by atoms with Crippen molar-refractivity contribution < 1.29 is 9.72 Å². The number of amides is 1. The number of nitrogens with zero attached hydrogens (tertiary/aromatic N) is 1. The van der Waals surface area contributed by atoms with E-state index >= 15 is 0 Å². The number of carbonyl (C=O) groups is 1. The SMILES string of the molecule is CCC(NC(=O)c1cc([N+](=O)[O-])ccc1Cl)c1ccc(C)c(C)c1. The Hall–Kier alpha value is -2.40. The normalized spacial score (nSPS) is 11.8. The Morgan fingerprint density at radius 2 is 1.92 bits per heavy atom. The van der Waals surface area contributed by atoms with Crippen molar-refractivity contribution >= 4 is 23.2 Å². The molecule has 1 unspecified atom stereocenters. The molecule has 0 aliphatic carbocycles. The maximum Gasteiger partial charge on any atom is 0.270 e. The monoisotopic (exact) mass is 346 g/mol. The highest BCUT2D eigenvalue weighted by Gasteiger charge is 2.19. The highest BCUT2D eigenvalue weighted by Crippen LogP contribution is 2.24. The quantitative estimate of drug-likeness (QED) is 0.627. The Kier molecular flexibility index (Phi) is 5.57. The largest absolute Gasteiger partial charge is 0.345 e. The number of nitro benzene ring substituents is 1. The summed E-state index contributed by atoms with van der Waals surface area (Å²) in [7, 11) is 0. The number of benzene rings is 2. The molecular formula is C18H19ClN2O3. The number of hydrogen-bond donors (Lipinski definition) is 1. The summed E-state index contributed by atoms with van der Waals surface area (Å²) in [5, 5.41) is 14.0. The smallest absolute Gasteiger partial charge is 0.270 e. The van der Waals surface area contributed by atoms with Crippen LogP contribution in [0.25, 0.3) is 0 Å². The highest BCUT2D eigenvalue weighted by molar-refractivity contribution is 6.33. The molecule has 1 atom stereocenters. The van der Waals surface area contributed by atoms with Crippen LogP contribution in [0.2, 0.25) is 5.02 Å². The van der Waals surface area contributed by atoms with Crippen molar-refractivity contribution in [2.75, 3.05) is 0 Å². The number of halogens is 1. The van der Waals surface area contributed by atoms with Gasteiger partial charge in [-0.05, 0) is 43.0 Å². The molecule has 0 aromatic heterocycles. The van der Waals surface area contributed by atoms with E-state index in [0.29, 0.717) is 6.42 Å². The molecule has 24 heavy (non-hydrogen) atoms. The average molecular weight is 347 g/mol. The minimum absolute atomic E-state index is 0.105. The molecule has 0 aliphatic rings. The lowest BCUT2D eigenvalue weighted by atomic mass is 9.99. The number of nitrogens with one attached hydrogen (secondary N) is 1. The lowest BCUT2D eigenvalue weighted by Crippen LogP contribution is -2.28. The first-order chi connectivity index (χ1) is 11.3. The third kappa shape index (κ3) is 3.92. The van der Waals surface area contributed by atoms with E-state index in [4.69, 9.17) is 11.6 Å². The Labute approximate surface area is 145 Å². The van der Waals surface area contributed by atoms with Crippen LogP contribution in [0.3, 0.4) is 0 Å². The molecule has 2 aromatic carbocycles. The van der Waals surface area contributed by atoms with E-state index in [-0.39, 0.29) is 22.3 Å². The summed E-state index contributed by atoms with van der Waals surface area (Å²) in [6, 6.07) is 9.69. The standard InChI is InChI=1S/C18H19ClN2O3/c1-4-17(13-6-5-11(2)12(3)9-13)20-18(22)15-10-14(21(23)24)7-8-16(15)19/h5-10,17H,4H2,1-3H3,(H,20,22). The fraction of sp³-hybridized carbons (Fsp3) is 0.278. The van der Waals surface area contributed by atoms with Gasteiger partial charge in [0.15, 0.2) is 0 Å². The van der Waals surface area contributed by atoms with Crippen LogP contribution in [0.5, 0.6) is 0 Å². The first kappa shape index (κ1) is 17.9. The van der Waals surface area contributed by atoms with Crippen LogP contribution < -0.4 is 5.32 Å². The first-order valence-electron chi connectivity index (χ1n) is 7.65. The highest BCUT2D eigenvalue weighted by atomic mass is 35.5. The third-order valence-electron chi connectivity index (χ3n) is 4.05. The van der Waals surface area contributed by atoms with Crippen molar-refractivity contribution in [3.8, 4) is 0 Å². The number of aryl methyl sites for hydroxylation is 2. The van der Waals surface area contributed by atoms with Gasteiger partial charge in [0.25, 0.3) is 11.6 Å². The molecular weight excluding hydrogens is 328 g/mol. The van der Waals surface area contributed by atoms with Crippen molar-refractivity contribution in [1.82, 2.24) is 5.32 Å². The van der Waals surface area contributed by atoms with E-state index in [9.17, 15) is 14.9 Å². The van der Waals surface area contributed by atoms with Crippen molar-refractivity contribution in [3.05, 3.63) is 73.8 Å². The second kappa shape index (κ2) is 7.45. The van der Waals surface area contributed by atoms with Gasteiger partial charge in [0.2, 0.25) is 0 Å². The molecule has 1 N–H and O–H groups in total. The zero-order valence-electron chi connectivity index (χ0n) is 13.8. The number of nitro groups is 1. The maximum atomic E-state index is 12.5. The minimum atomic E-state index is -0.548. The third-order valence-corrected chi connectivity index (χ3v) is 4.38. The summed E-state index contributed by atoms with van der Waals surface area (Å²) in [5.41, 5.74) is 3.27. The van der Waals surface area contributed by atoms with Gasteiger partial charge in [-0.1, -0.05) is 36.7 Å². The van der Waals surface area contributed by atoms with Crippen molar-refractivity contribution in [1.29, 1.82) is 0 Å². The molecule has 2 rings (SSSR count). The number of non-ortho nitro benzene ring substituents is 1. The second-order valence-corrected chi connectivity index (χ2v) is 6.11. The summed E-state index contributed by atoms with van der Waals surface area (Å²) >= 11 is 6.03. The molecule has 0 saturated heterocycles. The summed E-state index contributed by atoms with van der Waals surface area (Å²) in [6.45, 7) is 6.02. The molecule has 0 aliphatic heterocycles. The number of hydrogen-bond acceptors (Lipinski definition) is 3. The van der Waals surface area contributed by atoms with Gasteiger partial charge < -0.3 is 5.32 Å². The molecule has 0 spiro atoms. The minimum Gasteiger partial charge on any atom is -0.345 e. The van der Waals surface area contributed by atoms with Crippen LogP contribution in [0, 0.1) is 24.0 Å². The van der Waals surface area contributed by atoms with E-state index in [1.807, 2.05) is 39.0 Å². The van der Waals surface area contributed by atoms with E-state index in [2.05, 4.69) is 5.32 Å². The van der Waals surface area contributed by atoms with Crippen LogP contribution in [-0.2, 0) is 0 Å². The molecule has 0 radical (unpaired) electrons. The molecule has 2 aromatic rings. The Morgan fingerprint density at radius 3 is 2.50 bits per heavy atom. The van der Waals surface area contributed by atoms with Gasteiger partial charge in [-0.2, -0.15) is 0 Å². The lowest BCUT2D eigenvalue weighted by molar-refractivity contribution is -0.384. The zero-order valence-corrected chi connectivity index (χ0v) is 14.6. The van der Waals surface area contributed by atoms with Crippen LogP contribution >= 0.6 is 11.6 Å². The Morgan fingerprint density at radius 1 is 1.21 bits per heavy atom. The average Bonchev–Trinajstić information content (AvgIpc) is 2.55. The van der Waals surface area contributed by atoms with Gasteiger partial charge >= 0.3 is 0 Å². The molecule has 0 heterocycles. The molecule has 0 fully saturated rings. The van der Waals surface area contributed by atoms with E-state index in [1.54, 1.807) is 0 Å². The number of carbonyl (C=O) groups excluding carboxylic acids is 1. The zero-order chi connectivity index (χ0) is 17.9. The van der Waals surface area contributed by atoms with E-state index in [1.165, 1.54) is 23.8 Å². The van der Waals surface area contributed by atoms with Gasteiger partial charge in [0.1, 0.15) is 0 Å². The van der Waals surface area contributed by atoms with Gasteiger partial charge in [0, 0.05) is 12.1 Å². The number of rotatable bonds is 5. The Balaban J connectivity index is 2.28. The second-order valence-electron chi connectivity index (χ2n) is 5.70.